The summed E-state index contributed by atoms with van der Waals surface area (Å²) in [5.74, 6) is -2.87. The van der Waals surface area contributed by atoms with Crippen LogP contribution < -0.4 is 11.1 Å². The van der Waals surface area contributed by atoms with Gasteiger partial charge in [0.1, 0.15) is 6.04 Å². The molecule has 0 heterocycles. The number of hydrogen-bond acceptors (Lipinski definition) is 4. The third-order valence-electron chi connectivity index (χ3n) is 1.90. The fourth-order valence-electron chi connectivity index (χ4n) is 1.18. The van der Waals surface area contributed by atoms with Gasteiger partial charge in [0.2, 0.25) is 5.91 Å². The molecule has 0 radical (unpaired) electrons. The monoisotopic (exact) mass is 246 g/mol. The summed E-state index contributed by atoms with van der Waals surface area (Å²) in [6.07, 6.45) is -0.492. The van der Waals surface area contributed by atoms with Crippen molar-refractivity contribution in [3.63, 3.8) is 0 Å². The number of rotatable bonds is 7. The first-order valence-electron chi connectivity index (χ1n) is 5.14. The van der Waals surface area contributed by atoms with E-state index in [-0.39, 0.29) is 19.3 Å². The highest BCUT2D eigenvalue weighted by Crippen LogP contribution is 2.05. The van der Waals surface area contributed by atoms with Gasteiger partial charge in [0.05, 0.1) is 0 Å². The molecule has 0 unspecified atom stereocenters. The lowest BCUT2D eigenvalue weighted by Gasteiger charge is -2.20. The second-order valence-corrected chi connectivity index (χ2v) is 4.56. The quantitative estimate of drug-likeness (QED) is 0.481. The van der Waals surface area contributed by atoms with Crippen LogP contribution in [0.2, 0.25) is 0 Å². The van der Waals surface area contributed by atoms with E-state index in [1.54, 1.807) is 13.8 Å². The van der Waals surface area contributed by atoms with E-state index in [2.05, 4.69) is 5.32 Å². The molecule has 0 fully saturated rings. The van der Waals surface area contributed by atoms with Crippen LogP contribution in [0.5, 0.6) is 0 Å². The van der Waals surface area contributed by atoms with Crippen LogP contribution in [0.15, 0.2) is 0 Å². The first-order valence-corrected chi connectivity index (χ1v) is 5.14. The van der Waals surface area contributed by atoms with Gasteiger partial charge in [-0.3, -0.25) is 9.59 Å². The molecule has 0 aliphatic carbocycles. The summed E-state index contributed by atoms with van der Waals surface area (Å²) < 4.78 is 0. The number of carboxylic acids is 2. The largest absolute Gasteiger partial charge is 0.481 e. The molecule has 98 valence electrons. The van der Waals surface area contributed by atoms with Crippen molar-refractivity contribution in [3.8, 4) is 0 Å². The zero-order valence-corrected chi connectivity index (χ0v) is 9.90. The normalized spacial score (nSPS) is 12.9. The molecule has 7 nitrogen and oxygen atoms in total. The van der Waals surface area contributed by atoms with Crippen molar-refractivity contribution in [2.24, 2.45) is 5.73 Å². The predicted molar refractivity (Wildman–Crippen MR) is 59.3 cm³/mol. The predicted octanol–water partition coefficient (Wildman–Crippen LogP) is -0.452. The molecular formula is C10H18N2O5. The van der Waals surface area contributed by atoms with Crippen LogP contribution in [0.1, 0.15) is 33.1 Å². The van der Waals surface area contributed by atoms with Crippen LogP contribution in [0, 0.1) is 0 Å². The lowest BCUT2D eigenvalue weighted by Crippen LogP contribution is -2.45. The van der Waals surface area contributed by atoms with Gasteiger partial charge in [-0.1, -0.05) is 0 Å². The molecule has 1 atom stereocenters. The van der Waals surface area contributed by atoms with Gasteiger partial charge in [0.15, 0.2) is 0 Å². The summed E-state index contributed by atoms with van der Waals surface area (Å²) in [5.41, 5.74) is 4.87. The Labute approximate surface area is 99.0 Å². The van der Waals surface area contributed by atoms with E-state index in [1.807, 2.05) is 0 Å². The standard InChI is InChI=1S/C10H18N2O5/c1-10(2,11)5-7(13)12-6(9(16)17)3-4-8(14)15/h6H,3-5,11H2,1-2H3,(H,12,13)(H,14,15)(H,16,17)/t6-/m0/s1. The number of hydrogen-bond donors (Lipinski definition) is 4. The minimum atomic E-state index is -1.26. The van der Waals surface area contributed by atoms with E-state index in [1.165, 1.54) is 0 Å². The maximum absolute atomic E-state index is 11.4. The molecule has 17 heavy (non-hydrogen) atoms. The van der Waals surface area contributed by atoms with Gasteiger partial charge in [-0.05, 0) is 20.3 Å². The molecule has 0 bridgehead atoms. The third-order valence-corrected chi connectivity index (χ3v) is 1.90. The summed E-state index contributed by atoms with van der Waals surface area (Å²) >= 11 is 0. The first-order chi connectivity index (χ1) is 7.61. The molecule has 0 aromatic rings. The minimum Gasteiger partial charge on any atom is -0.481 e. The van der Waals surface area contributed by atoms with Gasteiger partial charge >= 0.3 is 11.9 Å². The maximum atomic E-state index is 11.4. The van der Waals surface area contributed by atoms with E-state index in [9.17, 15) is 14.4 Å². The Hall–Kier alpha value is -1.63. The third kappa shape index (κ3) is 8.21. The molecule has 0 saturated heterocycles. The van der Waals surface area contributed by atoms with Gasteiger partial charge < -0.3 is 21.3 Å². The zero-order chi connectivity index (χ0) is 13.6. The van der Waals surface area contributed by atoms with E-state index in [0.29, 0.717) is 0 Å². The smallest absolute Gasteiger partial charge is 0.326 e. The van der Waals surface area contributed by atoms with E-state index in [0.717, 1.165) is 0 Å². The minimum absolute atomic E-state index is 0.0240. The molecule has 5 N–H and O–H groups in total. The molecule has 0 aromatic carbocycles. The molecule has 0 aromatic heterocycles. The van der Waals surface area contributed by atoms with Crippen LogP contribution in [0.3, 0.4) is 0 Å². The Balaban J connectivity index is 4.30. The summed E-state index contributed by atoms with van der Waals surface area (Å²) in [6.45, 7) is 3.28. The number of aliphatic carboxylic acids is 2. The molecule has 7 heteroatoms. The molecular weight excluding hydrogens is 228 g/mol. The highest BCUT2D eigenvalue weighted by Gasteiger charge is 2.23. The number of amides is 1. The molecule has 1 amide bonds. The SMILES string of the molecule is CC(C)(N)CC(=O)N[C@@H](CCC(=O)O)C(=O)O. The summed E-state index contributed by atoms with van der Waals surface area (Å²) in [5, 5.41) is 19.5. The zero-order valence-electron chi connectivity index (χ0n) is 9.90. The molecule has 0 rings (SSSR count). The van der Waals surface area contributed by atoms with Gasteiger partial charge in [0, 0.05) is 18.4 Å². The average molecular weight is 246 g/mol. The van der Waals surface area contributed by atoms with Crippen LogP contribution in [0.4, 0.5) is 0 Å². The van der Waals surface area contributed by atoms with Crippen LogP contribution in [-0.2, 0) is 14.4 Å². The number of nitrogens with two attached hydrogens (primary N) is 1. The summed E-state index contributed by atoms with van der Waals surface area (Å²) in [6, 6.07) is -1.19. The highest BCUT2D eigenvalue weighted by molar-refractivity contribution is 5.84. The van der Waals surface area contributed by atoms with Crippen molar-refractivity contribution in [2.45, 2.75) is 44.7 Å². The van der Waals surface area contributed by atoms with Crippen molar-refractivity contribution in [2.75, 3.05) is 0 Å². The Morgan fingerprint density at radius 1 is 1.29 bits per heavy atom. The fraction of sp³-hybridized carbons (Fsp3) is 0.700. The van der Waals surface area contributed by atoms with Gasteiger partial charge in [0.25, 0.3) is 0 Å². The fourth-order valence-corrected chi connectivity index (χ4v) is 1.18. The molecule has 0 aliphatic heterocycles. The lowest BCUT2D eigenvalue weighted by molar-refractivity contribution is -0.143. The molecule has 0 aliphatic rings. The van der Waals surface area contributed by atoms with Crippen molar-refractivity contribution < 1.29 is 24.6 Å². The average Bonchev–Trinajstić information content (AvgIpc) is 2.08. The van der Waals surface area contributed by atoms with Gasteiger partial charge in [-0.2, -0.15) is 0 Å². The molecule has 0 spiro atoms. The number of nitrogens with one attached hydrogen (secondary N) is 1. The van der Waals surface area contributed by atoms with Crippen molar-refractivity contribution in [3.05, 3.63) is 0 Å². The van der Waals surface area contributed by atoms with Crippen LogP contribution in [0.25, 0.3) is 0 Å². The van der Waals surface area contributed by atoms with Crippen LogP contribution in [-0.4, -0.2) is 39.6 Å². The van der Waals surface area contributed by atoms with Gasteiger partial charge in [-0.25, -0.2) is 4.79 Å². The second-order valence-electron chi connectivity index (χ2n) is 4.56. The van der Waals surface area contributed by atoms with Crippen molar-refractivity contribution in [1.82, 2.24) is 5.32 Å². The Morgan fingerprint density at radius 2 is 1.82 bits per heavy atom. The Kier molecular flexibility index (Phi) is 5.60. The number of carbonyl (C=O) groups is 3. The van der Waals surface area contributed by atoms with E-state index >= 15 is 0 Å². The van der Waals surface area contributed by atoms with Crippen molar-refractivity contribution in [1.29, 1.82) is 0 Å². The summed E-state index contributed by atoms with van der Waals surface area (Å²) in [4.78, 5) is 32.5. The van der Waals surface area contributed by atoms with Crippen LogP contribution >= 0.6 is 0 Å². The van der Waals surface area contributed by atoms with Gasteiger partial charge in [-0.15, -0.1) is 0 Å². The maximum Gasteiger partial charge on any atom is 0.326 e. The Morgan fingerprint density at radius 3 is 2.18 bits per heavy atom. The first kappa shape index (κ1) is 15.4. The van der Waals surface area contributed by atoms with E-state index < -0.39 is 29.4 Å². The van der Waals surface area contributed by atoms with E-state index in [4.69, 9.17) is 15.9 Å². The second kappa shape index (κ2) is 6.19. The Bertz CT molecular complexity index is 308. The molecule has 0 saturated carbocycles. The highest BCUT2D eigenvalue weighted by atomic mass is 16.4. The lowest BCUT2D eigenvalue weighted by atomic mass is 10.0. The number of carbonyl (C=O) groups excluding carboxylic acids is 1. The summed E-state index contributed by atoms with van der Waals surface area (Å²) in [7, 11) is 0. The topological polar surface area (TPSA) is 130 Å². The number of carboxylic acid groups (broad SMARTS) is 2. The van der Waals surface area contributed by atoms with Crippen molar-refractivity contribution >= 4 is 17.8 Å².